The third kappa shape index (κ3) is 5.44. The van der Waals surface area contributed by atoms with Crippen molar-refractivity contribution in [1.82, 2.24) is 4.72 Å². The van der Waals surface area contributed by atoms with E-state index >= 15 is 0 Å². The second kappa shape index (κ2) is 8.62. The van der Waals surface area contributed by atoms with Gasteiger partial charge in [0.25, 0.3) is 0 Å². The molecule has 0 heterocycles. The van der Waals surface area contributed by atoms with Gasteiger partial charge < -0.3 is 4.74 Å². The van der Waals surface area contributed by atoms with Gasteiger partial charge in [0.05, 0.1) is 16.5 Å². The van der Waals surface area contributed by atoms with Crippen LogP contribution < -0.4 is 4.72 Å². The molecule has 5 heteroatoms. The highest BCUT2D eigenvalue weighted by molar-refractivity contribution is 7.89. The molecule has 130 valence electrons. The molecule has 0 aliphatic heterocycles. The molecule has 0 aromatic heterocycles. The Bertz CT molecular complexity index is 595. The predicted octanol–water partition coefficient (Wildman–Crippen LogP) is 3.81. The molecule has 0 aliphatic carbocycles. The van der Waals surface area contributed by atoms with Crippen molar-refractivity contribution < 1.29 is 13.2 Å². The Balaban J connectivity index is 3.08. The Hall–Kier alpha value is -1.17. The van der Waals surface area contributed by atoms with E-state index in [-0.39, 0.29) is 10.9 Å². The molecular formula is C18H29NO3S. The largest absolute Gasteiger partial charge is 0.377 e. The van der Waals surface area contributed by atoms with Crippen LogP contribution in [0.15, 0.2) is 41.8 Å². The predicted molar refractivity (Wildman–Crippen MR) is 95.0 cm³/mol. The van der Waals surface area contributed by atoms with Crippen LogP contribution in [-0.2, 0) is 14.8 Å². The third-order valence-corrected chi connectivity index (χ3v) is 5.72. The van der Waals surface area contributed by atoms with E-state index in [0.29, 0.717) is 6.42 Å². The molecule has 0 aliphatic rings. The van der Waals surface area contributed by atoms with E-state index < -0.39 is 15.6 Å². The lowest BCUT2D eigenvalue weighted by Gasteiger charge is -2.36. The van der Waals surface area contributed by atoms with Crippen LogP contribution in [0.5, 0.6) is 0 Å². The zero-order chi connectivity index (χ0) is 17.5. The standard InChI is InChI=1S/C18H29NO3S/c1-6-8-9-17(18(4,22-5)14-7-2)19-23(20,21)16-12-10-15(3)11-13-16/h7,10-13,17,19H,2,6,8-9,14H2,1,3-5H3. The molecule has 0 amide bonds. The molecule has 23 heavy (non-hydrogen) atoms. The minimum Gasteiger partial charge on any atom is -0.377 e. The number of ether oxygens (including phenoxy) is 1. The SMILES string of the molecule is C=CCC(C)(OC)C(CCCC)NS(=O)(=O)c1ccc(C)cc1. The summed E-state index contributed by atoms with van der Waals surface area (Å²) in [5.41, 5.74) is 0.411. The van der Waals surface area contributed by atoms with Gasteiger partial charge in [-0.1, -0.05) is 43.5 Å². The smallest absolute Gasteiger partial charge is 0.240 e. The van der Waals surface area contributed by atoms with Crippen LogP contribution in [0.3, 0.4) is 0 Å². The van der Waals surface area contributed by atoms with Crippen molar-refractivity contribution in [1.29, 1.82) is 0 Å². The summed E-state index contributed by atoms with van der Waals surface area (Å²) in [7, 11) is -1.97. The molecule has 2 unspecified atom stereocenters. The van der Waals surface area contributed by atoms with Gasteiger partial charge in [-0.05, 0) is 38.8 Å². The zero-order valence-corrected chi connectivity index (χ0v) is 15.4. The normalized spacial score (nSPS) is 15.8. The molecule has 0 radical (unpaired) electrons. The molecule has 0 fully saturated rings. The Morgan fingerprint density at radius 1 is 1.35 bits per heavy atom. The lowest BCUT2D eigenvalue weighted by Crippen LogP contribution is -2.51. The summed E-state index contributed by atoms with van der Waals surface area (Å²) in [5.74, 6) is 0. The summed E-state index contributed by atoms with van der Waals surface area (Å²) in [5, 5.41) is 0. The number of rotatable bonds is 10. The molecule has 1 aromatic carbocycles. The van der Waals surface area contributed by atoms with Gasteiger partial charge in [0.15, 0.2) is 0 Å². The van der Waals surface area contributed by atoms with Gasteiger partial charge in [-0.3, -0.25) is 0 Å². The van der Waals surface area contributed by atoms with Gasteiger partial charge in [-0.2, -0.15) is 0 Å². The molecule has 1 rings (SSSR count). The summed E-state index contributed by atoms with van der Waals surface area (Å²) in [6, 6.07) is 6.55. The van der Waals surface area contributed by atoms with E-state index in [2.05, 4.69) is 18.2 Å². The van der Waals surface area contributed by atoms with Crippen molar-refractivity contribution in [2.45, 2.75) is 63.0 Å². The van der Waals surface area contributed by atoms with Crippen LogP contribution in [-0.4, -0.2) is 27.2 Å². The molecule has 0 spiro atoms. The van der Waals surface area contributed by atoms with Crippen molar-refractivity contribution in [3.63, 3.8) is 0 Å². The zero-order valence-electron chi connectivity index (χ0n) is 14.6. The quantitative estimate of drug-likeness (QED) is 0.659. The lowest BCUT2D eigenvalue weighted by molar-refractivity contribution is -0.0201. The number of hydrogen-bond donors (Lipinski definition) is 1. The Morgan fingerprint density at radius 3 is 2.43 bits per heavy atom. The van der Waals surface area contributed by atoms with Gasteiger partial charge >= 0.3 is 0 Å². The van der Waals surface area contributed by atoms with E-state index in [0.717, 1.165) is 24.8 Å². The first-order chi connectivity index (χ1) is 10.8. The first kappa shape index (κ1) is 19.9. The van der Waals surface area contributed by atoms with Gasteiger partial charge in [-0.15, -0.1) is 6.58 Å². The first-order valence-electron chi connectivity index (χ1n) is 8.04. The Labute approximate surface area is 141 Å². The molecule has 1 aromatic rings. The van der Waals surface area contributed by atoms with Gasteiger partial charge in [0.1, 0.15) is 0 Å². The molecule has 1 N–H and O–H groups in total. The van der Waals surface area contributed by atoms with Gasteiger partial charge in [-0.25, -0.2) is 13.1 Å². The average molecular weight is 340 g/mol. The van der Waals surface area contributed by atoms with Gasteiger partial charge in [0, 0.05) is 7.11 Å². The van der Waals surface area contributed by atoms with Crippen LogP contribution in [0.1, 0.15) is 45.1 Å². The number of benzene rings is 1. The fourth-order valence-electron chi connectivity index (χ4n) is 2.52. The number of hydrogen-bond acceptors (Lipinski definition) is 3. The maximum Gasteiger partial charge on any atom is 0.240 e. The second-order valence-corrected chi connectivity index (χ2v) is 7.85. The number of methoxy groups -OCH3 is 1. The highest BCUT2D eigenvalue weighted by Gasteiger charge is 2.35. The average Bonchev–Trinajstić information content (AvgIpc) is 2.51. The maximum absolute atomic E-state index is 12.7. The van der Waals surface area contributed by atoms with E-state index in [1.54, 1.807) is 37.5 Å². The van der Waals surface area contributed by atoms with E-state index in [1.165, 1.54) is 0 Å². The first-order valence-corrected chi connectivity index (χ1v) is 9.52. The van der Waals surface area contributed by atoms with Crippen LogP contribution >= 0.6 is 0 Å². The summed E-state index contributed by atoms with van der Waals surface area (Å²) >= 11 is 0. The van der Waals surface area contributed by atoms with Crippen molar-refractivity contribution in [2.75, 3.05) is 7.11 Å². The molecule has 2 atom stereocenters. The van der Waals surface area contributed by atoms with Crippen molar-refractivity contribution in [2.24, 2.45) is 0 Å². The summed E-state index contributed by atoms with van der Waals surface area (Å²) in [6.07, 6.45) is 4.99. The third-order valence-electron chi connectivity index (χ3n) is 4.23. The summed E-state index contributed by atoms with van der Waals surface area (Å²) < 4.78 is 33.9. The van der Waals surface area contributed by atoms with Crippen LogP contribution in [0.4, 0.5) is 0 Å². The fourth-order valence-corrected chi connectivity index (χ4v) is 3.90. The van der Waals surface area contributed by atoms with Crippen LogP contribution in [0, 0.1) is 6.92 Å². The summed E-state index contributed by atoms with van der Waals surface area (Å²) in [6.45, 7) is 9.70. The Morgan fingerprint density at radius 2 is 1.96 bits per heavy atom. The molecule has 4 nitrogen and oxygen atoms in total. The van der Waals surface area contributed by atoms with Crippen molar-refractivity contribution >= 4 is 10.0 Å². The minimum absolute atomic E-state index is 0.279. The number of nitrogens with one attached hydrogen (secondary N) is 1. The van der Waals surface area contributed by atoms with Crippen LogP contribution in [0.25, 0.3) is 0 Å². The monoisotopic (exact) mass is 339 g/mol. The Kier molecular flexibility index (Phi) is 7.45. The van der Waals surface area contributed by atoms with Crippen molar-refractivity contribution in [3.8, 4) is 0 Å². The second-order valence-electron chi connectivity index (χ2n) is 6.14. The molecule has 0 saturated heterocycles. The van der Waals surface area contributed by atoms with Crippen LogP contribution in [0.2, 0.25) is 0 Å². The fraction of sp³-hybridized carbons (Fsp3) is 0.556. The highest BCUT2D eigenvalue weighted by Crippen LogP contribution is 2.26. The molecule has 0 saturated carbocycles. The number of sulfonamides is 1. The van der Waals surface area contributed by atoms with Crippen molar-refractivity contribution in [3.05, 3.63) is 42.5 Å². The summed E-state index contributed by atoms with van der Waals surface area (Å²) in [4.78, 5) is 0.279. The van der Waals surface area contributed by atoms with E-state index in [4.69, 9.17) is 4.74 Å². The lowest BCUT2D eigenvalue weighted by atomic mass is 9.89. The molecule has 0 bridgehead atoms. The number of unbranched alkanes of at least 4 members (excludes halogenated alkanes) is 1. The highest BCUT2D eigenvalue weighted by atomic mass is 32.2. The number of aryl methyl sites for hydroxylation is 1. The minimum atomic E-state index is -3.58. The molecular weight excluding hydrogens is 310 g/mol. The van der Waals surface area contributed by atoms with Gasteiger partial charge in [0.2, 0.25) is 10.0 Å². The topological polar surface area (TPSA) is 55.4 Å². The van der Waals surface area contributed by atoms with E-state index in [9.17, 15) is 8.42 Å². The van der Waals surface area contributed by atoms with E-state index in [1.807, 2.05) is 13.8 Å². The maximum atomic E-state index is 12.7.